The normalized spacial score (nSPS) is 20.7. The molecule has 0 saturated heterocycles. The summed E-state index contributed by atoms with van der Waals surface area (Å²) in [7, 11) is 0. The lowest BCUT2D eigenvalue weighted by molar-refractivity contribution is -0.159. The van der Waals surface area contributed by atoms with Gasteiger partial charge in [0.15, 0.2) is 12.6 Å². The molecule has 4 rings (SSSR count). The number of carbonyl (C=O) groups excluding carboxylic acids is 3. The van der Waals surface area contributed by atoms with Gasteiger partial charge in [0.1, 0.15) is 0 Å². The van der Waals surface area contributed by atoms with E-state index in [2.05, 4.69) is 46.4 Å². The van der Waals surface area contributed by atoms with Crippen LogP contribution in [0.2, 0.25) is 0 Å². The second kappa shape index (κ2) is 45.6. The van der Waals surface area contributed by atoms with Gasteiger partial charge in [-0.05, 0) is 157 Å². The molecule has 4 bridgehead atoms. The van der Waals surface area contributed by atoms with Crippen molar-refractivity contribution in [3.05, 3.63) is 0 Å². The Morgan fingerprint density at radius 1 is 0.380 bits per heavy atom. The summed E-state index contributed by atoms with van der Waals surface area (Å²) in [6, 6.07) is 0. The van der Waals surface area contributed by atoms with E-state index < -0.39 is 0 Å². The number of esters is 3. The van der Waals surface area contributed by atoms with Gasteiger partial charge in [-0.2, -0.15) is 0 Å². The Morgan fingerprint density at radius 3 is 1.05 bits per heavy atom. The molecule has 0 heterocycles. The molecule has 11 nitrogen and oxygen atoms in total. The number of carbonyl (C=O) groups is 3. The molecule has 0 radical (unpaired) electrons. The SMILES string of the molecule is CCCCCCCCOC(CCC(=O)OCCCC12CCC3(CCCOC(=O)CCCN(CC)CC)CC(C1)CC(CCCOC(=O)CCC(OCCCCCCCC)OCCCCCCCC)(C3)C2)OCCCCCCCC. The van der Waals surface area contributed by atoms with Gasteiger partial charge in [0.25, 0.3) is 0 Å². The third kappa shape index (κ3) is 33.3. The Labute approximate surface area is 486 Å². The first-order valence-corrected chi connectivity index (χ1v) is 34.2. The molecular formula is C68H127NO10. The van der Waals surface area contributed by atoms with Crippen LogP contribution in [-0.4, -0.2) is 101 Å². The number of hydrogen-bond donors (Lipinski definition) is 0. The fourth-order valence-electron chi connectivity index (χ4n) is 14.2. The highest BCUT2D eigenvalue weighted by Crippen LogP contribution is 2.69. The Kier molecular flexibility index (Phi) is 41.3. The Bertz CT molecular complexity index is 1460. The van der Waals surface area contributed by atoms with E-state index in [1.54, 1.807) is 0 Å². The van der Waals surface area contributed by atoms with Gasteiger partial charge < -0.3 is 38.1 Å². The maximum atomic E-state index is 13.3. The molecule has 464 valence electrons. The van der Waals surface area contributed by atoms with Crippen molar-refractivity contribution in [3.8, 4) is 0 Å². The summed E-state index contributed by atoms with van der Waals surface area (Å²) in [4.78, 5) is 41.7. The van der Waals surface area contributed by atoms with E-state index >= 15 is 0 Å². The third-order valence-corrected chi connectivity index (χ3v) is 18.3. The number of hydrogen-bond acceptors (Lipinski definition) is 11. The molecule has 0 aliphatic heterocycles. The molecule has 4 atom stereocenters. The topological polar surface area (TPSA) is 119 Å². The van der Waals surface area contributed by atoms with E-state index in [4.69, 9.17) is 33.2 Å². The van der Waals surface area contributed by atoms with E-state index in [1.807, 2.05) is 0 Å². The summed E-state index contributed by atoms with van der Waals surface area (Å²) in [6.45, 7) is 20.4. The first kappa shape index (κ1) is 71.5. The zero-order valence-electron chi connectivity index (χ0n) is 52.7. The predicted octanol–water partition coefficient (Wildman–Crippen LogP) is 18.1. The van der Waals surface area contributed by atoms with Crippen LogP contribution in [0.5, 0.6) is 0 Å². The highest BCUT2D eigenvalue weighted by molar-refractivity contribution is 5.70. The van der Waals surface area contributed by atoms with Gasteiger partial charge in [-0.15, -0.1) is 0 Å². The first-order chi connectivity index (χ1) is 38.6. The largest absolute Gasteiger partial charge is 0.466 e. The summed E-state index contributed by atoms with van der Waals surface area (Å²) >= 11 is 0. The van der Waals surface area contributed by atoms with Crippen LogP contribution in [0.3, 0.4) is 0 Å². The summed E-state index contributed by atoms with van der Waals surface area (Å²) in [5.74, 6) is 0.295. The van der Waals surface area contributed by atoms with Gasteiger partial charge in [-0.1, -0.05) is 170 Å². The maximum Gasteiger partial charge on any atom is 0.305 e. The molecule has 0 amide bonds. The van der Waals surface area contributed by atoms with E-state index in [9.17, 15) is 14.4 Å². The molecule has 4 unspecified atom stereocenters. The number of fused-ring (bicyclic) bond motifs is 1. The summed E-state index contributed by atoms with van der Waals surface area (Å²) < 4.78 is 42.8. The molecule has 11 heteroatoms. The third-order valence-electron chi connectivity index (χ3n) is 18.3. The highest BCUT2D eigenvalue weighted by Gasteiger charge is 2.58. The van der Waals surface area contributed by atoms with Crippen molar-refractivity contribution in [1.82, 2.24) is 4.90 Å². The second-order valence-corrected chi connectivity index (χ2v) is 25.4. The van der Waals surface area contributed by atoms with Crippen LogP contribution >= 0.6 is 0 Å². The van der Waals surface area contributed by atoms with Crippen molar-refractivity contribution in [1.29, 1.82) is 0 Å². The maximum absolute atomic E-state index is 13.3. The minimum atomic E-state index is -0.364. The second-order valence-electron chi connectivity index (χ2n) is 25.4. The zero-order chi connectivity index (χ0) is 57.0. The molecule has 0 aromatic heterocycles. The first-order valence-electron chi connectivity index (χ1n) is 34.2. The van der Waals surface area contributed by atoms with Crippen molar-refractivity contribution >= 4 is 17.9 Å². The Balaban J connectivity index is 1.57. The Hall–Kier alpha value is -1.79. The van der Waals surface area contributed by atoms with Gasteiger partial charge in [0.05, 0.1) is 32.7 Å². The monoisotopic (exact) mass is 1120 g/mol. The molecule has 0 aromatic rings. The number of unbranched alkanes of at least 4 members (excludes halogenated alkanes) is 20. The molecule has 0 N–H and O–H groups in total. The number of rotatable bonds is 56. The molecule has 0 aromatic carbocycles. The molecule has 79 heavy (non-hydrogen) atoms. The average Bonchev–Trinajstić information content (AvgIpc) is 3.89. The van der Waals surface area contributed by atoms with Crippen molar-refractivity contribution in [2.24, 2.45) is 22.2 Å². The fourth-order valence-corrected chi connectivity index (χ4v) is 14.2. The fraction of sp³-hybridized carbons (Fsp3) is 0.956. The molecule has 4 aliphatic carbocycles. The van der Waals surface area contributed by atoms with Gasteiger partial charge >= 0.3 is 17.9 Å². The predicted molar refractivity (Wildman–Crippen MR) is 324 cm³/mol. The highest BCUT2D eigenvalue weighted by atomic mass is 16.7. The van der Waals surface area contributed by atoms with Crippen molar-refractivity contribution < 1.29 is 47.5 Å². The smallest absolute Gasteiger partial charge is 0.305 e. The number of nitrogens with zero attached hydrogens (tertiary/aromatic N) is 1. The van der Waals surface area contributed by atoms with E-state index in [-0.39, 0.29) is 46.7 Å². The average molecular weight is 1120 g/mol. The number of ether oxygens (including phenoxy) is 7. The summed E-state index contributed by atoms with van der Waals surface area (Å²) in [5, 5.41) is 0. The van der Waals surface area contributed by atoms with Gasteiger partial charge in [0, 0.05) is 45.7 Å². The van der Waals surface area contributed by atoms with Crippen LogP contribution < -0.4 is 0 Å². The summed E-state index contributed by atoms with van der Waals surface area (Å²) in [5.41, 5.74) is 0.660. The lowest BCUT2D eigenvalue weighted by Crippen LogP contribution is -2.45. The zero-order valence-corrected chi connectivity index (χ0v) is 52.7. The molecular weight excluding hydrogens is 991 g/mol. The molecule has 0 spiro atoms. The van der Waals surface area contributed by atoms with Crippen LogP contribution in [0.4, 0.5) is 0 Å². The molecule has 4 aliphatic rings. The van der Waals surface area contributed by atoms with Crippen LogP contribution in [0.25, 0.3) is 0 Å². The lowest BCUT2D eigenvalue weighted by Gasteiger charge is -2.56. The Morgan fingerprint density at radius 2 is 0.696 bits per heavy atom. The van der Waals surface area contributed by atoms with Gasteiger partial charge in [0.2, 0.25) is 0 Å². The summed E-state index contributed by atoms with van der Waals surface area (Å²) in [6.07, 6.45) is 45.8. The van der Waals surface area contributed by atoms with Crippen LogP contribution in [0.1, 0.15) is 318 Å². The van der Waals surface area contributed by atoms with E-state index in [1.165, 1.54) is 173 Å². The standard InChI is InChI=1S/C68H127NO10/c1-7-13-17-21-25-29-48-76-64(77-49-30-26-22-18-14-8-2)40-38-62(71)74-53-35-43-67-46-45-66(42-34-52-73-61(70)37-33-47-69(11-5)12-6)55-60(56-67)57-68(58-66,59-67)44-36-54-75-63(72)39-41-65(78-50-31-27-23-19-15-9-3)79-51-32-28-24-20-16-10-4/h60,64-65H,7-59H2,1-6H3. The van der Waals surface area contributed by atoms with Gasteiger partial charge in [-0.25, -0.2) is 0 Å². The quantitative estimate of drug-likeness (QED) is 0.0251. The van der Waals surface area contributed by atoms with Crippen molar-refractivity contribution in [3.63, 3.8) is 0 Å². The molecule has 4 saturated carbocycles. The van der Waals surface area contributed by atoms with Gasteiger partial charge in [-0.3, -0.25) is 14.4 Å². The van der Waals surface area contributed by atoms with E-state index in [0.29, 0.717) is 84.3 Å². The van der Waals surface area contributed by atoms with Crippen molar-refractivity contribution in [2.45, 2.75) is 330 Å². The lowest BCUT2D eigenvalue weighted by atomic mass is 9.49. The minimum absolute atomic E-state index is 0.0645. The van der Waals surface area contributed by atoms with Crippen molar-refractivity contribution in [2.75, 3.05) is 65.9 Å². The minimum Gasteiger partial charge on any atom is -0.466 e. The molecule has 4 fully saturated rings. The van der Waals surface area contributed by atoms with E-state index in [0.717, 1.165) is 90.3 Å². The van der Waals surface area contributed by atoms with Crippen LogP contribution in [-0.2, 0) is 47.5 Å². The van der Waals surface area contributed by atoms with Crippen LogP contribution in [0.15, 0.2) is 0 Å². The van der Waals surface area contributed by atoms with Crippen LogP contribution in [0, 0.1) is 22.2 Å².